The van der Waals surface area contributed by atoms with Crippen LogP contribution in [0.5, 0.6) is 0 Å². The summed E-state index contributed by atoms with van der Waals surface area (Å²) in [6, 6.07) is 4.94. The molecule has 1 amide bonds. The zero-order chi connectivity index (χ0) is 27.3. The second-order valence-electron chi connectivity index (χ2n) is 8.26. The van der Waals surface area contributed by atoms with Crippen molar-refractivity contribution in [1.82, 2.24) is 24.7 Å². The Labute approximate surface area is 219 Å². The van der Waals surface area contributed by atoms with E-state index in [-0.39, 0.29) is 11.3 Å². The van der Waals surface area contributed by atoms with Gasteiger partial charge in [-0.1, -0.05) is 23.7 Å². The third kappa shape index (κ3) is 6.90. The molecule has 0 aliphatic rings. The molecule has 0 saturated heterocycles. The molecule has 0 unspecified atom stereocenters. The molecule has 0 fully saturated rings. The summed E-state index contributed by atoms with van der Waals surface area (Å²) in [5.74, 6) is -0.804. The highest BCUT2D eigenvalue weighted by Gasteiger charge is 2.34. The molecule has 0 aliphatic carbocycles. The van der Waals surface area contributed by atoms with Gasteiger partial charge in [0.25, 0.3) is 0 Å². The van der Waals surface area contributed by atoms with Gasteiger partial charge in [-0.15, -0.1) is 0 Å². The summed E-state index contributed by atoms with van der Waals surface area (Å²) in [5, 5.41) is 5.80. The van der Waals surface area contributed by atoms with Gasteiger partial charge in [0.1, 0.15) is 16.8 Å². The van der Waals surface area contributed by atoms with Gasteiger partial charge in [-0.25, -0.2) is 19.3 Å². The van der Waals surface area contributed by atoms with Crippen molar-refractivity contribution in [1.29, 1.82) is 0 Å². The molecule has 13 heteroatoms. The van der Waals surface area contributed by atoms with E-state index in [2.05, 4.69) is 25.4 Å². The van der Waals surface area contributed by atoms with E-state index in [1.807, 2.05) is 6.20 Å². The molecule has 3 aromatic heterocycles. The first-order valence-corrected chi connectivity index (χ1v) is 11.6. The van der Waals surface area contributed by atoms with Gasteiger partial charge in [0, 0.05) is 37.7 Å². The van der Waals surface area contributed by atoms with Crippen LogP contribution in [0.15, 0.2) is 55.2 Å². The highest BCUT2D eigenvalue weighted by Crippen LogP contribution is 2.35. The van der Waals surface area contributed by atoms with Crippen LogP contribution in [0.25, 0.3) is 11.1 Å². The Hall–Kier alpha value is -3.90. The van der Waals surface area contributed by atoms with Gasteiger partial charge in [-0.3, -0.25) is 9.48 Å². The number of benzene rings is 1. The second-order valence-corrected chi connectivity index (χ2v) is 8.62. The number of anilines is 1. The summed E-state index contributed by atoms with van der Waals surface area (Å²) < 4.78 is 60.5. The first-order valence-electron chi connectivity index (χ1n) is 11.2. The summed E-state index contributed by atoms with van der Waals surface area (Å²) in [4.78, 5) is 24.5. The predicted octanol–water partition coefficient (Wildman–Crippen LogP) is 4.96. The molecule has 0 bridgehead atoms. The minimum Gasteiger partial charge on any atom is -0.383 e. The van der Waals surface area contributed by atoms with Crippen LogP contribution in [0.1, 0.15) is 22.5 Å². The number of carbonyl (C=O) groups is 1. The van der Waals surface area contributed by atoms with Gasteiger partial charge in [0.15, 0.2) is 0 Å². The van der Waals surface area contributed by atoms with Crippen LogP contribution in [-0.4, -0.2) is 44.4 Å². The summed E-state index contributed by atoms with van der Waals surface area (Å²) in [6.45, 7) is 1.19. The van der Waals surface area contributed by atoms with Crippen LogP contribution in [0.3, 0.4) is 0 Å². The number of pyridine rings is 1. The minimum absolute atomic E-state index is 0.0623. The number of methoxy groups -OCH3 is 1. The lowest BCUT2D eigenvalue weighted by molar-refractivity contribution is -0.137. The number of nitrogens with one attached hydrogen (secondary N) is 1. The van der Waals surface area contributed by atoms with E-state index in [4.69, 9.17) is 16.3 Å². The van der Waals surface area contributed by atoms with Gasteiger partial charge in [-0.05, 0) is 28.8 Å². The van der Waals surface area contributed by atoms with Gasteiger partial charge in [0.05, 0.1) is 43.2 Å². The van der Waals surface area contributed by atoms with Crippen molar-refractivity contribution in [3.8, 4) is 11.1 Å². The normalized spacial score (nSPS) is 11.5. The van der Waals surface area contributed by atoms with E-state index >= 15 is 0 Å². The highest BCUT2D eigenvalue weighted by molar-refractivity contribution is 6.30. The molecule has 0 aliphatic heterocycles. The first-order chi connectivity index (χ1) is 18.1. The van der Waals surface area contributed by atoms with Crippen LogP contribution in [-0.2, 0) is 35.1 Å². The van der Waals surface area contributed by atoms with E-state index in [0.717, 1.165) is 11.8 Å². The molecule has 1 N–H and O–H groups in total. The number of nitrogens with zero attached hydrogens (tertiary/aromatic N) is 5. The van der Waals surface area contributed by atoms with Crippen LogP contribution in [0.2, 0.25) is 5.15 Å². The molecule has 0 spiro atoms. The zero-order valence-corrected chi connectivity index (χ0v) is 20.7. The van der Waals surface area contributed by atoms with Crippen molar-refractivity contribution in [2.45, 2.75) is 25.6 Å². The molecular formula is C25H21ClF4N6O2. The van der Waals surface area contributed by atoms with Crippen LogP contribution >= 0.6 is 11.6 Å². The maximum atomic E-state index is 14.7. The standard InChI is InChI=1S/C25H21ClF4N6O2/c1-38-5-4-36-14-15(10-34-36)6-22-31-11-18(12-32-22)16-2-3-17(21(27)7-16)8-23(37)35-19-9-20(25(28,29)30)24(26)33-13-19/h2-3,7,9-14H,4-6,8H2,1H3,(H,35,37). The van der Waals surface area contributed by atoms with E-state index in [9.17, 15) is 22.4 Å². The maximum absolute atomic E-state index is 14.7. The lowest BCUT2D eigenvalue weighted by Crippen LogP contribution is -2.16. The molecule has 4 rings (SSSR count). The lowest BCUT2D eigenvalue weighted by atomic mass is 10.0. The fourth-order valence-electron chi connectivity index (χ4n) is 3.55. The third-order valence-corrected chi connectivity index (χ3v) is 5.75. The number of amides is 1. The summed E-state index contributed by atoms with van der Waals surface area (Å²) in [5.41, 5.74) is 0.689. The molecule has 38 heavy (non-hydrogen) atoms. The maximum Gasteiger partial charge on any atom is 0.419 e. The van der Waals surface area contributed by atoms with Crippen molar-refractivity contribution in [2.24, 2.45) is 0 Å². The van der Waals surface area contributed by atoms with Crippen molar-refractivity contribution in [3.05, 3.63) is 88.7 Å². The Kier molecular flexibility index (Phi) is 8.32. The molecule has 0 radical (unpaired) electrons. The molecular weight excluding hydrogens is 528 g/mol. The molecule has 0 saturated carbocycles. The van der Waals surface area contributed by atoms with Gasteiger partial charge in [-0.2, -0.15) is 18.3 Å². The smallest absolute Gasteiger partial charge is 0.383 e. The molecule has 4 aromatic rings. The Morgan fingerprint density at radius 3 is 2.53 bits per heavy atom. The number of halogens is 5. The summed E-state index contributed by atoms with van der Waals surface area (Å²) in [6.07, 6.45) is 3.10. The van der Waals surface area contributed by atoms with Crippen molar-refractivity contribution in [2.75, 3.05) is 19.0 Å². The van der Waals surface area contributed by atoms with Crippen molar-refractivity contribution < 1.29 is 27.1 Å². The third-order valence-electron chi connectivity index (χ3n) is 5.44. The largest absolute Gasteiger partial charge is 0.419 e. The number of carbonyl (C=O) groups excluding carboxylic acids is 1. The first kappa shape index (κ1) is 27.1. The quantitative estimate of drug-likeness (QED) is 0.235. The minimum atomic E-state index is -4.73. The molecule has 1 aromatic carbocycles. The number of alkyl halides is 3. The number of hydrogen-bond acceptors (Lipinski definition) is 6. The van der Waals surface area contributed by atoms with Crippen LogP contribution < -0.4 is 5.32 Å². The molecule has 8 nitrogen and oxygen atoms in total. The average molecular weight is 549 g/mol. The number of aromatic nitrogens is 5. The average Bonchev–Trinajstić information content (AvgIpc) is 3.32. The monoisotopic (exact) mass is 548 g/mol. The molecule has 3 heterocycles. The summed E-state index contributed by atoms with van der Waals surface area (Å²) >= 11 is 5.48. The van der Waals surface area contributed by atoms with Gasteiger partial charge in [0.2, 0.25) is 5.91 Å². The number of ether oxygens (including phenoxy) is 1. The van der Waals surface area contributed by atoms with E-state index < -0.39 is 35.0 Å². The molecule has 0 atom stereocenters. The lowest BCUT2D eigenvalue weighted by Gasteiger charge is -2.11. The van der Waals surface area contributed by atoms with Crippen molar-refractivity contribution >= 4 is 23.2 Å². The van der Waals surface area contributed by atoms with Crippen LogP contribution in [0.4, 0.5) is 23.2 Å². The second kappa shape index (κ2) is 11.7. The fourth-order valence-corrected chi connectivity index (χ4v) is 3.76. The Bertz CT molecular complexity index is 1430. The Balaban J connectivity index is 1.39. The van der Waals surface area contributed by atoms with Gasteiger partial charge < -0.3 is 10.1 Å². The SMILES string of the molecule is COCCn1cc(Cc2ncc(-c3ccc(CC(=O)Nc4cnc(Cl)c(C(F)(F)F)c4)c(F)c3)cn2)cn1. The van der Waals surface area contributed by atoms with Crippen molar-refractivity contribution in [3.63, 3.8) is 0 Å². The fraction of sp³-hybridized carbons (Fsp3) is 0.240. The Morgan fingerprint density at radius 2 is 1.84 bits per heavy atom. The number of hydrogen-bond donors (Lipinski definition) is 1. The zero-order valence-electron chi connectivity index (χ0n) is 20.0. The van der Waals surface area contributed by atoms with E-state index in [0.29, 0.717) is 42.6 Å². The topological polar surface area (TPSA) is 94.8 Å². The van der Waals surface area contributed by atoms with E-state index in [1.165, 1.54) is 12.1 Å². The van der Waals surface area contributed by atoms with Crippen LogP contribution in [0, 0.1) is 5.82 Å². The molecule has 198 valence electrons. The van der Waals surface area contributed by atoms with E-state index in [1.54, 1.807) is 36.4 Å². The van der Waals surface area contributed by atoms with Gasteiger partial charge >= 0.3 is 6.18 Å². The Morgan fingerprint density at radius 1 is 1.08 bits per heavy atom. The predicted molar refractivity (Wildman–Crippen MR) is 131 cm³/mol. The summed E-state index contributed by atoms with van der Waals surface area (Å²) in [7, 11) is 1.62. The number of rotatable bonds is 9. The highest BCUT2D eigenvalue weighted by atomic mass is 35.5.